The van der Waals surface area contributed by atoms with E-state index in [2.05, 4.69) is 5.32 Å². The molecule has 0 heterocycles. The molecule has 21 heavy (non-hydrogen) atoms. The Hall–Kier alpha value is -1.16. The molecule has 1 unspecified atom stereocenters. The molecule has 0 amide bonds. The van der Waals surface area contributed by atoms with Crippen molar-refractivity contribution in [3.05, 3.63) is 69.2 Å². The molecule has 0 radical (unpaired) electrons. The third-order valence-corrected chi connectivity index (χ3v) is 4.11. The first-order chi connectivity index (χ1) is 10.0. The summed E-state index contributed by atoms with van der Waals surface area (Å²) >= 11 is 12.2. The fourth-order valence-electron chi connectivity index (χ4n) is 2.26. The van der Waals surface area contributed by atoms with Crippen LogP contribution in [0.4, 0.5) is 8.78 Å². The lowest BCUT2D eigenvalue weighted by Crippen LogP contribution is -2.24. The van der Waals surface area contributed by atoms with Crippen LogP contribution in [0.15, 0.2) is 36.4 Å². The maximum Gasteiger partial charge on any atom is 0.129 e. The van der Waals surface area contributed by atoms with Crippen LogP contribution in [0.3, 0.4) is 0 Å². The summed E-state index contributed by atoms with van der Waals surface area (Å²) in [6.45, 7) is 2.56. The number of benzene rings is 2. The van der Waals surface area contributed by atoms with Gasteiger partial charge in [0.05, 0.1) is 10.0 Å². The molecule has 2 aromatic carbocycles. The highest BCUT2D eigenvalue weighted by Gasteiger charge is 2.19. The number of halogens is 4. The molecule has 0 aliphatic rings. The second-order valence-corrected chi connectivity index (χ2v) is 5.44. The molecule has 2 rings (SSSR count). The van der Waals surface area contributed by atoms with Crippen LogP contribution in [0, 0.1) is 11.6 Å². The highest BCUT2D eigenvalue weighted by atomic mass is 35.5. The predicted molar refractivity (Wildman–Crippen MR) is 82.9 cm³/mol. The van der Waals surface area contributed by atoms with E-state index in [1.165, 1.54) is 18.2 Å². The van der Waals surface area contributed by atoms with Crippen molar-refractivity contribution < 1.29 is 8.78 Å². The van der Waals surface area contributed by atoms with Crippen LogP contribution >= 0.6 is 23.2 Å². The van der Waals surface area contributed by atoms with Gasteiger partial charge in [-0.3, -0.25) is 0 Å². The van der Waals surface area contributed by atoms with Crippen LogP contribution in [0.1, 0.15) is 24.1 Å². The van der Waals surface area contributed by atoms with Gasteiger partial charge in [-0.1, -0.05) is 48.3 Å². The molecule has 112 valence electrons. The second kappa shape index (κ2) is 7.21. The third kappa shape index (κ3) is 3.73. The van der Waals surface area contributed by atoms with Gasteiger partial charge in [0.25, 0.3) is 0 Å². The lowest BCUT2D eigenvalue weighted by molar-refractivity contribution is 0.499. The van der Waals surface area contributed by atoms with Crippen molar-refractivity contribution in [2.24, 2.45) is 0 Å². The van der Waals surface area contributed by atoms with Gasteiger partial charge in [-0.2, -0.15) is 0 Å². The van der Waals surface area contributed by atoms with Gasteiger partial charge >= 0.3 is 0 Å². The van der Waals surface area contributed by atoms with E-state index < -0.39 is 11.6 Å². The highest BCUT2D eigenvalue weighted by Crippen LogP contribution is 2.32. The van der Waals surface area contributed by atoms with E-state index in [1.54, 1.807) is 18.2 Å². The van der Waals surface area contributed by atoms with Crippen LogP contribution in [0.5, 0.6) is 0 Å². The molecule has 0 fully saturated rings. The van der Waals surface area contributed by atoms with Gasteiger partial charge in [0.2, 0.25) is 0 Å². The van der Waals surface area contributed by atoms with Gasteiger partial charge < -0.3 is 5.32 Å². The third-order valence-electron chi connectivity index (χ3n) is 3.28. The largest absolute Gasteiger partial charge is 0.310 e. The van der Waals surface area contributed by atoms with Crippen LogP contribution in [0.2, 0.25) is 10.0 Å². The van der Waals surface area contributed by atoms with Gasteiger partial charge in [-0.05, 0) is 36.7 Å². The van der Waals surface area contributed by atoms with E-state index in [4.69, 9.17) is 23.2 Å². The Bertz CT molecular complexity index is 611. The molecule has 1 N–H and O–H groups in total. The Morgan fingerprint density at radius 1 is 1.05 bits per heavy atom. The predicted octanol–water partition coefficient (Wildman–Crippen LogP) is 5.16. The zero-order chi connectivity index (χ0) is 15.4. The van der Waals surface area contributed by atoms with Gasteiger partial charge in [0.15, 0.2) is 0 Å². The molecule has 1 atom stereocenters. The van der Waals surface area contributed by atoms with Gasteiger partial charge in [0, 0.05) is 11.6 Å². The van der Waals surface area contributed by atoms with Crippen LogP contribution < -0.4 is 5.32 Å². The maximum absolute atomic E-state index is 13.8. The van der Waals surface area contributed by atoms with Crippen molar-refractivity contribution in [1.82, 2.24) is 5.32 Å². The summed E-state index contributed by atoms with van der Waals surface area (Å²) in [5.41, 5.74) is 0.771. The fraction of sp³-hybridized carbons (Fsp3) is 0.250. The van der Waals surface area contributed by atoms with Crippen molar-refractivity contribution in [1.29, 1.82) is 0 Å². The molecular formula is C16H15Cl2F2N. The smallest absolute Gasteiger partial charge is 0.129 e. The molecule has 0 aliphatic heterocycles. The Morgan fingerprint density at radius 3 is 2.29 bits per heavy atom. The quantitative estimate of drug-likeness (QED) is 0.798. The van der Waals surface area contributed by atoms with Gasteiger partial charge in [0.1, 0.15) is 11.6 Å². The van der Waals surface area contributed by atoms with E-state index >= 15 is 0 Å². The number of nitrogens with one attached hydrogen (secondary N) is 1. The second-order valence-electron chi connectivity index (χ2n) is 4.66. The van der Waals surface area contributed by atoms with Crippen LogP contribution in [-0.2, 0) is 6.42 Å². The molecule has 0 bridgehead atoms. The Balaban J connectivity index is 2.38. The first-order valence-electron chi connectivity index (χ1n) is 6.64. The molecule has 0 aromatic heterocycles. The van der Waals surface area contributed by atoms with Gasteiger partial charge in [-0.15, -0.1) is 0 Å². The van der Waals surface area contributed by atoms with Crippen molar-refractivity contribution >= 4 is 23.2 Å². The van der Waals surface area contributed by atoms with E-state index in [0.29, 0.717) is 16.6 Å². The number of likely N-dealkylation sites (N-methyl/N-ethyl adjacent to an activating group) is 1. The number of hydrogen-bond acceptors (Lipinski definition) is 1. The summed E-state index contributed by atoms with van der Waals surface area (Å²) in [5, 5.41) is 4.02. The summed E-state index contributed by atoms with van der Waals surface area (Å²) in [4.78, 5) is 0. The van der Waals surface area contributed by atoms with Crippen molar-refractivity contribution in [2.45, 2.75) is 19.4 Å². The summed E-state index contributed by atoms with van der Waals surface area (Å²) in [6.07, 6.45) is 0.159. The fourth-order valence-corrected chi connectivity index (χ4v) is 2.70. The topological polar surface area (TPSA) is 12.0 Å². The van der Waals surface area contributed by atoms with Crippen molar-refractivity contribution in [2.75, 3.05) is 6.54 Å². The molecule has 1 nitrogen and oxygen atoms in total. The van der Waals surface area contributed by atoms with Crippen LogP contribution in [-0.4, -0.2) is 6.54 Å². The first kappa shape index (κ1) is 16.2. The molecular weight excluding hydrogens is 315 g/mol. The van der Waals surface area contributed by atoms with E-state index in [9.17, 15) is 8.78 Å². The molecule has 0 aliphatic carbocycles. The van der Waals surface area contributed by atoms with Gasteiger partial charge in [-0.25, -0.2) is 8.78 Å². The Morgan fingerprint density at radius 2 is 1.67 bits per heavy atom. The highest BCUT2D eigenvalue weighted by molar-refractivity contribution is 6.42. The number of rotatable bonds is 5. The van der Waals surface area contributed by atoms with E-state index in [-0.39, 0.29) is 18.0 Å². The molecule has 0 spiro atoms. The van der Waals surface area contributed by atoms with Crippen molar-refractivity contribution in [3.8, 4) is 0 Å². The summed E-state index contributed by atoms with van der Waals surface area (Å²) in [5.74, 6) is -1.12. The summed E-state index contributed by atoms with van der Waals surface area (Å²) in [6, 6.07) is 8.80. The molecule has 2 aromatic rings. The van der Waals surface area contributed by atoms with Crippen molar-refractivity contribution in [3.63, 3.8) is 0 Å². The van der Waals surface area contributed by atoms with E-state index in [0.717, 1.165) is 5.56 Å². The average Bonchev–Trinajstić information content (AvgIpc) is 2.45. The van der Waals surface area contributed by atoms with E-state index in [1.807, 2.05) is 6.92 Å². The summed E-state index contributed by atoms with van der Waals surface area (Å²) in [7, 11) is 0. The van der Waals surface area contributed by atoms with Crippen LogP contribution in [0.25, 0.3) is 0 Å². The molecule has 0 saturated heterocycles. The Labute approximate surface area is 132 Å². The Kier molecular flexibility index (Phi) is 5.57. The lowest BCUT2D eigenvalue weighted by atomic mass is 9.98. The number of hydrogen-bond donors (Lipinski definition) is 1. The lowest BCUT2D eigenvalue weighted by Gasteiger charge is -2.20. The average molecular weight is 330 g/mol. The zero-order valence-electron chi connectivity index (χ0n) is 11.5. The SMILES string of the molecule is CCNC(Cc1c(F)cccc1F)c1cccc(Cl)c1Cl. The molecule has 5 heteroatoms. The monoisotopic (exact) mass is 329 g/mol. The molecule has 0 saturated carbocycles. The minimum absolute atomic E-state index is 0.0412. The normalized spacial score (nSPS) is 12.4. The standard InChI is InChI=1S/C16H15Cl2F2N/c1-2-21-15(10-5-3-6-12(17)16(10)18)9-11-13(19)7-4-8-14(11)20/h3-8,15,21H,2,9H2,1H3. The maximum atomic E-state index is 13.8. The summed E-state index contributed by atoms with van der Waals surface area (Å²) < 4.78 is 27.6. The minimum atomic E-state index is -0.559. The minimum Gasteiger partial charge on any atom is -0.310 e. The zero-order valence-corrected chi connectivity index (χ0v) is 13.0. The first-order valence-corrected chi connectivity index (χ1v) is 7.40.